The molecular formula is C18H16BrNO2. The monoisotopic (exact) mass is 357 g/mol. The van der Waals surface area contributed by atoms with Crippen LogP contribution in [0.15, 0.2) is 53.0 Å². The van der Waals surface area contributed by atoms with Crippen LogP contribution in [-0.2, 0) is 11.3 Å². The van der Waals surface area contributed by atoms with Crippen LogP contribution >= 0.6 is 15.9 Å². The maximum absolute atomic E-state index is 11.5. The predicted octanol–water partition coefficient (Wildman–Crippen LogP) is 4.04. The lowest BCUT2D eigenvalue weighted by Gasteiger charge is -2.04. The summed E-state index contributed by atoms with van der Waals surface area (Å²) in [6, 6.07) is 15.5. The van der Waals surface area contributed by atoms with E-state index in [2.05, 4.69) is 33.1 Å². The number of alkyl carbamates (subject to hydrolysis) is 1. The van der Waals surface area contributed by atoms with Gasteiger partial charge in [0.05, 0.1) is 6.54 Å². The zero-order valence-electron chi connectivity index (χ0n) is 12.2. The molecule has 112 valence electrons. The van der Waals surface area contributed by atoms with Crippen molar-refractivity contribution in [1.29, 1.82) is 0 Å². The van der Waals surface area contributed by atoms with Gasteiger partial charge in [0.15, 0.2) is 0 Å². The van der Waals surface area contributed by atoms with Crippen molar-refractivity contribution in [2.75, 3.05) is 6.54 Å². The Hall–Kier alpha value is -2.25. The van der Waals surface area contributed by atoms with Gasteiger partial charge >= 0.3 is 6.09 Å². The second-order valence-corrected chi connectivity index (χ2v) is 5.55. The lowest BCUT2D eigenvalue weighted by Crippen LogP contribution is -2.24. The van der Waals surface area contributed by atoms with E-state index in [0.717, 1.165) is 15.6 Å². The number of rotatable bonds is 3. The highest BCUT2D eigenvalue weighted by molar-refractivity contribution is 9.10. The van der Waals surface area contributed by atoms with Gasteiger partial charge in [0.25, 0.3) is 0 Å². The number of hydrogen-bond donors (Lipinski definition) is 1. The van der Waals surface area contributed by atoms with Gasteiger partial charge in [-0.15, -0.1) is 0 Å². The number of nitrogens with one attached hydrogen (secondary N) is 1. The van der Waals surface area contributed by atoms with Crippen molar-refractivity contribution < 1.29 is 9.53 Å². The molecular weight excluding hydrogens is 342 g/mol. The van der Waals surface area contributed by atoms with E-state index in [1.165, 1.54) is 5.56 Å². The van der Waals surface area contributed by atoms with Gasteiger partial charge in [-0.3, -0.25) is 0 Å². The molecule has 0 aliphatic heterocycles. The van der Waals surface area contributed by atoms with E-state index < -0.39 is 6.09 Å². The summed E-state index contributed by atoms with van der Waals surface area (Å²) in [5.74, 6) is 5.90. The van der Waals surface area contributed by atoms with Crippen molar-refractivity contribution in [2.24, 2.45) is 0 Å². The van der Waals surface area contributed by atoms with Gasteiger partial charge < -0.3 is 10.1 Å². The largest absolute Gasteiger partial charge is 0.445 e. The van der Waals surface area contributed by atoms with Crippen molar-refractivity contribution in [1.82, 2.24) is 5.32 Å². The average molecular weight is 358 g/mol. The predicted molar refractivity (Wildman–Crippen MR) is 90.4 cm³/mol. The van der Waals surface area contributed by atoms with Gasteiger partial charge in [-0.25, -0.2) is 4.79 Å². The molecule has 0 heterocycles. The summed E-state index contributed by atoms with van der Waals surface area (Å²) in [6.07, 6.45) is -0.471. The minimum Gasteiger partial charge on any atom is -0.445 e. The Morgan fingerprint density at radius 1 is 1.23 bits per heavy atom. The van der Waals surface area contributed by atoms with Crippen molar-refractivity contribution in [3.63, 3.8) is 0 Å². The van der Waals surface area contributed by atoms with E-state index in [-0.39, 0.29) is 13.2 Å². The summed E-state index contributed by atoms with van der Waals surface area (Å²) < 4.78 is 6.04. The summed E-state index contributed by atoms with van der Waals surface area (Å²) in [5.41, 5.74) is 3.01. The molecule has 2 rings (SSSR count). The highest BCUT2D eigenvalue weighted by atomic mass is 79.9. The summed E-state index contributed by atoms with van der Waals surface area (Å²) in [6.45, 7) is 2.52. The number of benzene rings is 2. The SMILES string of the molecule is Cc1ccc(C#CCNC(=O)OCc2ccccc2)c(Br)c1. The van der Waals surface area contributed by atoms with Crippen LogP contribution in [-0.4, -0.2) is 12.6 Å². The second-order valence-electron chi connectivity index (χ2n) is 4.70. The van der Waals surface area contributed by atoms with E-state index in [4.69, 9.17) is 4.74 Å². The van der Waals surface area contributed by atoms with Gasteiger partial charge in [-0.2, -0.15) is 0 Å². The van der Waals surface area contributed by atoms with Crippen molar-refractivity contribution in [3.05, 3.63) is 69.7 Å². The molecule has 0 aromatic heterocycles. The zero-order valence-corrected chi connectivity index (χ0v) is 13.8. The highest BCUT2D eigenvalue weighted by Crippen LogP contribution is 2.16. The number of carbonyl (C=O) groups excluding carboxylic acids is 1. The van der Waals surface area contributed by atoms with Crippen molar-refractivity contribution in [2.45, 2.75) is 13.5 Å². The van der Waals surface area contributed by atoms with Gasteiger partial charge in [-0.05, 0) is 46.1 Å². The van der Waals surface area contributed by atoms with Crippen LogP contribution in [0, 0.1) is 18.8 Å². The van der Waals surface area contributed by atoms with Crippen LogP contribution in [0.2, 0.25) is 0 Å². The maximum Gasteiger partial charge on any atom is 0.408 e. The molecule has 1 amide bonds. The van der Waals surface area contributed by atoms with Crippen LogP contribution in [0.25, 0.3) is 0 Å². The maximum atomic E-state index is 11.5. The highest BCUT2D eigenvalue weighted by Gasteiger charge is 2.00. The molecule has 22 heavy (non-hydrogen) atoms. The minimum absolute atomic E-state index is 0.244. The molecule has 0 saturated heterocycles. The van der Waals surface area contributed by atoms with Gasteiger partial charge in [0.2, 0.25) is 0 Å². The van der Waals surface area contributed by atoms with Crippen molar-refractivity contribution in [3.8, 4) is 11.8 Å². The molecule has 0 spiro atoms. The third-order valence-electron chi connectivity index (χ3n) is 2.88. The quantitative estimate of drug-likeness (QED) is 0.842. The number of ether oxygens (including phenoxy) is 1. The van der Waals surface area contributed by atoms with E-state index in [9.17, 15) is 4.79 Å². The Kier molecular flexibility index (Phi) is 6.05. The van der Waals surface area contributed by atoms with Crippen LogP contribution in [0.3, 0.4) is 0 Å². The molecule has 4 heteroatoms. The summed E-state index contributed by atoms with van der Waals surface area (Å²) in [4.78, 5) is 11.5. The summed E-state index contributed by atoms with van der Waals surface area (Å²) >= 11 is 3.46. The average Bonchev–Trinajstić information content (AvgIpc) is 2.52. The number of aryl methyl sites for hydroxylation is 1. The number of carbonyl (C=O) groups is 1. The first-order chi connectivity index (χ1) is 10.6. The van der Waals surface area contributed by atoms with Crippen molar-refractivity contribution >= 4 is 22.0 Å². The molecule has 3 nitrogen and oxygen atoms in total. The van der Waals surface area contributed by atoms with Crippen LogP contribution in [0.4, 0.5) is 4.79 Å². The third kappa shape index (κ3) is 5.27. The van der Waals surface area contributed by atoms with Gasteiger partial charge in [0.1, 0.15) is 6.61 Å². The number of halogens is 1. The van der Waals surface area contributed by atoms with Crippen LogP contribution in [0.1, 0.15) is 16.7 Å². The lowest BCUT2D eigenvalue weighted by molar-refractivity contribution is 0.141. The van der Waals surface area contributed by atoms with E-state index in [1.54, 1.807) is 0 Å². The smallest absolute Gasteiger partial charge is 0.408 e. The molecule has 2 aromatic rings. The fraction of sp³-hybridized carbons (Fsp3) is 0.167. The fourth-order valence-electron chi connectivity index (χ4n) is 1.75. The standard InChI is InChI=1S/C18H16BrNO2/c1-14-9-10-16(17(19)12-14)8-5-11-20-18(21)22-13-15-6-3-2-4-7-15/h2-4,6-7,9-10,12H,11,13H2,1H3,(H,20,21). The zero-order chi connectivity index (χ0) is 15.8. The second kappa shape index (κ2) is 8.26. The lowest BCUT2D eigenvalue weighted by atomic mass is 10.1. The number of hydrogen-bond acceptors (Lipinski definition) is 2. The number of amides is 1. The Balaban J connectivity index is 1.76. The Bertz CT molecular complexity index is 702. The third-order valence-corrected chi connectivity index (χ3v) is 3.54. The fourth-order valence-corrected chi connectivity index (χ4v) is 2.34. The Morgan fingerprint density at radius 2 is 2.00 bits per heavy atom. The van der Waals surface area contributed by atoms with Gasteiger partial charge in [-0.1, -0.05) is 48.2 Å². The molecule has 0 fully saturated rings. The summed E-state index contributed by atoms with van der Waals surface area (Å²) in [7, 11) is 0. The Labute approximate surface area is 138 Å². The molecule has 0 aliphatic carbocycles. The molecule has 0 radical (unpaired) electrons. The Morgan fingerprint density at radius 3 is 2.73 bits per heavy atom. The van der Waals surface area contributed by atoms with E-state index in [1.807, 2.05) is 55.5 Å². The van der Waals surface area contributed by atoms with Crippen LogP contribution in [0.5, 0.6) is 0 Å². The topological polar surface area (TPSA) is 38.3 Å². The first-order valence-electron chi connectivity index (χ1n) is 6.85. The minimum atomic E-state index is -0.471. The molecule has 2 aromatic carbocycles. The normalized spacial score (nSPS) is 9.55. The first-order valence-corrected chi connectivity index (χ1v) is 7.64. The molecule has 0 aliphatic rings. The molecule has 0 bridgehead atoms. The molecule has 0 saturated carbocycles. The first kappa shape index (κ1) is 16.1. The molecule has 0 atom stereocenters. The van der Waals surface area contributed by atoms with E-state index in [0.29, 0.717) is 0 Å². The van der Waals surface area contributed by atoms with Crippen LogP contribution < -0.4 is 5.32 Å². The molecule has 0 unspecified atom stereocenters. The van der Waals surface area contributed by atoms with E-state index >= 15 is 0 Å². The molecule has 1 N–H and O–H groups in total. The van der Waals surface area contributed by atoms with Gasteiger partial charge in [0, 0.05) is 10.0 Å². The summed E-state index contributed by atoms with van der Waals surface area (Å²) in [5, 5.41) is 2.60.